The van der Waals surface area contributed by atoms with E-state index in [4.69, 9.17) is 16.9 Å². The number of hydrogen-bond donors (Lipinski definition) is 1. The Bertz CT molecular complexity index is 783. The van der Waals surface area contributed by atoms with E-state index in [0.29, 0.717) is 0 Å². The summed E-state index contributed by atoms with van der Waals surface area (Å²) in [4.78, 5) is -0.206. The standard InChI is InChI=1S/C13H8ClFN2O2S/c14-12-6-1-9(8-16)7-13(12)20(18,19)17-11-4-2-10(15)3-5-11/h1-7,17H. The first kappa shape index (κ1) is 14.3. The van der Waals surface area contributed by atoms with Gasteiger partial charge in [-0.15, -0.1) is 0 Å². The van der Waals surface area contributed by atoms with Crippen LogP contribution in [0.25, 0.3) is 0 Å². The number of halogens is 2. The van der Waals surface area contributed by atoms with Crippen molar-refractivity contribution in [3.8, 4) is 6.07 Å². The van der Waals surface area contributed by atoms with E-state index in [2.05, 4.69) is 4.72 Å². The van der Waals surface area contributed by atoms with Crippen LogP contribution in [-0.4, -0.2) is 8.42 Å². The number of rotatable bonds is 3. The molecule has 1 N–H and O–H groups in total. The lowest BCUT2D eigenvalue weighted by atomic mass is 10.2. The van der Waals surface area contributed by atoms with Crippen molar-refractivity contribution in [1.82, 2.24) is 0 Å². The number of nitrogens with one attached hydrogen (secondary N) is 1. The van der Waals surface area contributed by atoms with Gasteiger partial charge in [-0.1, -0.05) is 11.6 Å². The normalized spacial score (nSPS) is 10.8. The molecule has 0 saturated carbocycles. The number of hydrogen-bond acceptors (Lipinski definition) is 3. The molecule has 2 rings (SSSR count). The maximum Gasteiger partial charge on any atom is 0.263 e. The van der Waals surface area contributed by atoms with Crippen LogP contribution in [0.4, 0.5) is 10.1 Å². The Morgan fingerprint density at radius 2 is 1.80 bits per heavy atom. The third kappa shape index (κ3) is 3.07. The summed E-state index contributed by atoms with van der Waals surface area (Å²) in [6.45, 7) is 0. The summed E-state index contributed by atoms with van der Waals surface area (Å²) in [5.74, 6) is -0.475. The summed E-state index contributed by atoms with van der Waals surface area (Å²) in [6.07, 6.45) is 0. The highest BCUT2D eigenvalue weighted by atomic mass is 35.5. The molecule has 0 fully saturated rings. The summed E-state index contributed by atoms with van der Waals surface area (Å²) >= 11 is 5.84. The molecule has 0 aliphatic heterocycles. The van der Waals surface area contributed by atoms with Crippen molar-refractivity contribution in [3.63, 3.8) is 0 Å². The molecular formula is C13H8ClFN2O2S. The van der Waals surface area contributed by atoms with Crippen molar-refractivity contribution in [1.29, 1.82) is 5.26 Å². The summed E-state index contributed by atoms with van der Waals surface area (Å²) in [5, 5.41) is 8.79. The van der Waals surface area contributed by atoms with Crippen LogP contribution in [-0.2, 0) is 10.0 Å². The van der Waals surface area contributed by atoms with E-state index in [1.54, 1.807) is 0 Å². The fourth-order valence-corrected chi connectivity index (χ4v) is 3.09. The van der Waals surface area contributed by atoms with Crippen molar-refractivity contribution >= 4 is 27.3 Å². The molecule has 7 heteroatoms. The van der Waals surface area contributed by atoms with Gasteiger partial charge in [0.1, 0.15) is 10.7 Å². The summed E-state index contributed by atoms with van der Waals surface area (Å²) < 4.78 is 39.4. The average Bonchev–Trinajstić information content (AvgIpc) is 2.41. The zero-order chi connectivity index (χ0) is 14.8. The molecule has 0 radical (unpaired) electrons. The van der Waals surface area contributed by atoms with Crippen LogP contribution in [0.15, 0.2) is 47.4 Å². The van der Waals surface area contributed by atoms with E-state index >= 15 is 0 Å². The molecule has 2 aromatic carbocycles. The Morgan fingerprint density at radius 1 is 1.15 bits per heavy atom. The Morgan fingerprint density at radius 3 is 2.40 bits per heavy atom. The molecule has 0 unspecified atom stereocenters. The van der Waals surface area contributed by atoms with Gasteiger partial charge >= 0.3 is 0 Å². The minimum atomic E-state index is -3.94. The van der Waals surface area contributed by atoms with Gasteiger partial charge in [0.25, 0.3) is 10.0 Å². The van der Waals surface area contributed by atoms with Crippen molar-refractivity contribution < 1.29 is 12.8 Å². The van der Waals surface area contributed by atoms with Crippen LogP contribution >= 0.6 is 11.6 Å². The molecule has 0 heterocycles. The van der Waals surface area contributed by atoms with Crippen LogP contribution in [0.5, 0.6) is 0 Å². The average molecular weight is 311 g/mol. The number of anilines is 1. The van der Waals surface area contributed by atoms with Crippen molar-refractivity contribution in [2.75, 3.05) is 4.72 Å². The van der Waals surface area contributed by atoms with E-state index in [1.165, 1.54) is 30.3 Å². The Hall–Kier alpha value is -2.10. The fourth-order valence-electron chi connectivity index (χ4n) is 1.51. The quantitative estimate of drug-likeness (QED) is 0.946. The highest BCUT2D eigenvalue weighted by molar-refractivity contribution is 7.92. The topological polar surface area (TPSA) is 70.0 Å². The molecule has 0 atom stereocenters. The molecule has 0 aliphatic rings. The molecule has 0 bridgehead atoms. The summed E-state index contributed by atoms with van der Waals surface area (Å²) in [7, 11) is -3.94. The molecule has 102 valence electrons. The molecule has 0 aliphatic carbocycles. The van der Waals surface area contributed by atoms with Gasteiger partial charge in [0.15, 0.2) is 0 Å². The Kier molecular flexibility index (Phi) is 3.93. The minimum absolute atomic E-state index is 0.00129. The van der Waals surface area contributed by atoms with E-state index in [1.807, 2.05) is 6.07 Å². The zero-order valence-corrected chi connectivity index (χ0v) is 11.5. The SMILES string of the molecule is N#Cc1ccc(Cl)c(S(=O)(=O)Nc2ccc(F)cc2)c1. The second-order valence-electron chi connectivity index (χ2n) is 3.87. The fraction of sp³-hybridized carbons (Fsp3) is 0. The van der Waals surface area contributed by atoms with Gasteiger partial charge in [-0.3, -0.25) is 4.72 Å². The van der Waals surface area contributed by atoms with E-state index in [9.17, 15) is 12.8 Å². The minimum Gasteiger partial charge on any atom is -0.280 e. The van der Waals surface area contributed by atoms with Crippen LogP contribution in [0.3, 0.4) is 0 Å². The third-order valence-electron chi connectivity index (χ3n) is 2.45. The molecule has 0 amide bonds. The van der Waals surface area contributed by atoms with E-state index in [0.717, 1.165) is 12.1 Å². The number of nitrogens with zero attached hydrogens (tertiary/aromatic N) is 1. The van der Waals surface area contributed by atoms with Crippen LogP contribution in [0, 0.1) is 17.1 Å². The molecule has 20 heavy (non-hydrogen) atoms. The lowest BCUT2D eigenvalue weighted by molar-refractivity contribution is 0.601. The second kappa shape index (κ2) is 5.49. The Labute approximate surface area is 120 Å². The van der Waals surface area contributed by atoms with E-state index < -0.39 is 15.8 Å². The first-order chi connectivity index (χ1) is 9.42. The van der Waals surface area contributed by atoms with Crippen LogP contribution in [0.1, 0.15) is 5.56 Å². The van der Waals surface area contributed by atoms with Crippen molar-refractivity contribution in [2.24, 2.45) is 0 Å². The number of sulfonamides is 1. The van der Waals surface area contributed by atoms with Crippen LogP contribution < -0.4 is 4.72 Å². The van der Waals surface area contributed by atoms with Gasteiger partial charge < -0.3 is 0 Å². The monoisotopic (exact) mass is 310 g/mol. The lowest BCUT2D eigenvalue weighted by Crippen LogP contribution is -2.13. The van der Waals surface area contributed by atoms with Gasteiger partial charge in [-0.2, -0.15) is 5.26 Å². The van der Waals surface area contributed by atoms with Gasteiger partial charge in [0.05, 0.1) is 16.7 Å². The largest absolute Gasteiger partial charge is 0.280 e. The smallest absolute Gasteiger partial charge is 0.263 e. The lowest BCUT2D eigenvalue weighted by Gasteiger charge is -2.09. The maximum absolute atomic E-state index is 12.8. The molecular weight excluding hydrogens is 303 g/mol. The first-order valence-electron chi connectivity index (χ1n) is 5.40. The molecule has 4 nitrogen and oxygen atoms in total. The molecule has 0 saturated heterocycles. The Balaban J connectivity index is 2.40. The zero-order valence-electron chi connectivity index (χ0n) is 9.97. The molecule has 0 aromatic heterocycles. The maximum atomic E-state index is 12.8. The predicted octanol–water partition coefficient (Wildman–Crippen LogP) is 3.15. The van der Waals surface area contributed by atoms with Gasteiger partial charge in [0.2, 0.25) is 0 Å². The summed E-state index contributed by atoms with van der Waals surface area (Å²) in [5.41, 5.74) is 0.374. The van der Waals surface area contributed by atoms with Crippen molar-refractivity contribution in [2.45, 2.75) is 4.90 Å². The van der Waals surface area contributed by atoms with E-state index in [-0.39, 0.29) is 21.2 Å². The van der Waals surface area contributed by atoms with Gasteiger partial charge in [-0.25, -0.2) is 12.8 Å². The highest BCUT2D eigenvalue weighted by Crippen LogP contribution is 2.24. The first-order valence-corrected chi connectivity index (χ1v) is 7.26. The predicted molar refractivity (Wildman–Crippen MR) is 73.4 cm³/mol. The van der Waals surface area contributed by atoms with Gasteiger partial charge in [-0.05, 0) is 42.5 Å². The number of benzene rings is 2. The number of nitriles is 1. The van der Waals surface area contributed by atoms with Crippen LogP contribution in [0.2, 0.25) is 5.02 Å². The molecule has 0 spiro atoms. The molecule has 2 aromatic rings. The van der Waals surface area contributed by atoms with Crippen molar-refractivity contribution in [3.05, 3.63) is 58.9 Å². The third-order valence-corrected chi connectivity index (χ3v) is 4.31. The summed E-state index contributed by atoms with van der Waals surface area (Å²) in [6, 6.07) is 10.6. The second-order valence-corrected chi connectivity index (χ2v) is 5.93. The highest BCUT2D eigenvalue weighted by Gasteiger charge is 2.18. The van der Waals surface area contributed by atoms with Gasteiger partial charge in [0, 0.05) is 5.69 Å².